The van der Waals surface area contributed by atoms with Gasteiger partial charge in [0.1, 0.15) is 11.9 Å². The lowest BCUT2D eigenvalue weighted by atomic mass is 10.3. The van der Waals surface area contributed by atoms with Gasteiger partial charge >= 0.3 is 8.05 Å². The lowest BCUT2D eigenvalue weighted by Crippen LogP contribution is -2.15. The molecule has 4 heteroatoms. The number of rotatable bonds is 4. The van der Waals surface area contributed by atoms with Crippen LogP contribution in [0.3, 0.4) is 0 Å². The molecule has 0 heterocycles. The van der Waals surface area contributed by atoms with Crippen LogP contribution in [0.1, 0.15) is 6.92 Å². The Labute approximate surface area is 78.7 Å². The fraction of sp³-hybridized carbons (Fsp3) is 0.333. The highest BCUT2D eigenvalue weighted by Crippen LogP contribution is 2.17. The Morgan fingerprint density at radius 3 is 2.31 bits per heavy atom. The van der Waals surface area contributed by atoms with Crippen LogP contribution in [0.15, 0.2) is 24.3 Å². The molecule has 0 aromatic heterocycles. The van der Waals surface area contributed by atoms with Crippen molar-refractivity contribution in [2.75, 3.05) is 6.61 Å². The summed E-state index contributed by atoms with van der Waals surface area (Å²) in [5.41, 5.74) is 0. The first-order chi connectivity index (χ1) is 6.26. The number of hydrogen-bond donors (Lipinski definition) is 1. The van der Waals surface area contributed by atoms with Crippen molar-refractivity contribution in [2.24, 2.45) is 0 Å². The SMILES string of the molecule is [B]Oc1ccc(OC(C)CO)cc1. The largest absolute Gasteiger partial charge is 0.568 e. The van der Waals surface area contributed by atoms with E-state index < -0.39 is 0 Å². The van der Waals surface area contributed by atoms with Crippen molar-refractivity contribution in [3.05, 3.63) is 24.3 Å². The summed E-state index contributed by atoms with van der Waals surface area (Å²) in [4.78, 5) is 0. The van der Waals surface area contributed by atoms with Crippen LogP contribution in [-0.2, 0) is 0 Å². The zero-order valence-electron chi connectivity index (χ0n) is 7.43. The predicted octanol–water partition coefficient (Wildman–Crippen LogP) is 0.908. The molecule has 0 aliphatic carbocycles. The maximum atomic E-state index is 8.73. The molecule has 13 heavy (non-hydrogen) atoms. The number of benzene rings is 1. The van der Waals surface area contributed by atoms with Crippen molar-refractivity contribution in [1.82, 2.24) is 0 Å². The second-order valence-electron chi connectivity index (χ2n) is 2.70. The van der Waals surface area contributed by atoms with E-state index in [1.165, 1.54) is 0 Å². The van der Waals surface area contributed by atoms with Crippen LogP contribution in [0.4, 0.5) is 0 Å². The van der Waals surface area contributed by atoms with Gasteiger partial charge in [0.2, 0.25) is 0 Å². The van der Waals surface area contributed by atoms with Gasteiger partial charge in [-0.2, -0.15) is 0 Å². The molecule has 0 aliphatic heterocycles. The van der Waals surface area contributed by atoms with Crippen molar-refractivity contribution in [2.45, 2.75) is 13.0 Å². The van der Waals surface area contributed by atoms with Gasteiger partial charge in [-0.1, -0.05) is 0 Å². The highest BCUT2D eigenvalue weighted by Gasteiger charge is 2.01. The fourth-order valence-electron chi connectivity index (χ4n) is 0.866. The van der Waals surface area contributed by atoms with Gasteiger partial charge in [-0.05, 0) is 31.2 Å². The van der Waals surface area contributed by atoms with Gasteiger partial charge in [0, 0.05) is 0 Å². The van der Waals surface area contributed by atoms with Crippen LogP contribution in [0.5, 0.6) is 11.5 Å². The molecule has 0 saturated heterocycles. The third-order valence-corrected chi connectivity index (χ3v) is 1.55. The first-order valence-corrected chi connectivity index (χ1v) is 4.00. The van der Waals surface area contributed by atoms with Crippen LogP contribution in [-0.4, -0.2) is 25.9 Å². The van der Waals surface area contributed by atoms with E-state index in [1.54, 1.807) is 31.2 Å². The zero-order valence-corrected chi connectivity index (χ0v) is 7.43. The summed E-state index contributed by atoms with van der Waals surface area (Å²) in [6.45, 7) is 1.78. The van der Waals surface area contributed by atoms with Crippen molar-refractivity contribution in [1.29, 1.82) is 0 Å². The van der Waals surface area contributed by atoms with E-state index in [4.69, 9.17) is 17.9 Å². The maximum absolute atomic E-state index is 8.73. The zero-order chi connectivity index (χ0) is 9.68. The first kappa shape index (κ1) is 9.93. The Hall–Kier alpha value is -1.16. The molecule has 3 nitrogen and oxygen atoms in total. The van der Waals surface area contributed by atoms with E-state index >= 15 is 0 Å². The summed E-state index contributed by atoms with van der Waals surface area (Å²) < 4.78 is 9.81. The number of hydrogen-bond acceptors (Lipinski definition) is 3. The molecule has 0 fully saturated rings. The van der Waals surface area contributed by atoms with Crippen LogP contribution >= 0.6 is 0 Å². The lowest BCUT2D eigenvalue weighted by Gasteiger charge is -2.11. The number of ether oxygens (including phenoxy) is 1. The number of aliphatic hydroxyl groups is 1. The molecule has 1 aromatic carbocycles. The molecular formula is C9H11BO3. The van der Waals surface area contributed by atoms with Crippen LogP contribution < -0.4 is 9.39 Å². The molecule has 68 valence electrons. The minimum absolute atomic E-state index is 0.00482. The van der Waals surface area contributed by atoms with Crippen LogP contribution in [0.25, 0.3) is 0 Å². The van der Waals surface area contributed by atoms with Gasteiger partial charge in [0.25, 0.3) is 0 Å². The third kappa shape index (κ3) is 2.99. The first-order valence-electron chi connectivity index (χ1n) is 4.00. The van der Waals surface area contributed by atoms with Gasteiger partial charge in [0.15, 0.2) is 0 Å². The van der Waals surface area contributed by atoms with Gasteiger partial charge in [0.05, 0.1) is 12.4 Å². The quantitative estimate of drug-likeness (QED) is 0.696. The maximum Gasteiger partial charge on any atom is 0.374 e. The predicted molar refractivity (Wildman–Crippen MR) is 50.0 cm³/mol. The van der Waals surface area contributed by atoms with Gasteiger partial charge < -0.3 is 14.5 Å². The normalized spacial score (nSPS) is 12.2. The van der Waals surface area contributed by atoms with Crippen molar-refractivity contribution < 1.29 is 14.5 Å². The second kappa shape index (κ2) is 4.77. The Balaban J connectivity index is 2.58. The highest BCUT2D eigenvalue weighted by molar-refractivity contribution is 5.99. The summed E-state index contributed by atoms with van der Waals surface area (Å²) in [5.74, 6) is 1.26. The molecule has 1 rings (SSSR count). The summed E-state index contributed by atoms with van der Waals surface area (Å²) in [5, 5.41) is 8.73. The molecule has 2 radical (unpaired) electrons. The molecule has 1 N–H and O–H groups in total. The minimum Gasteiger partial charge on any atom is -0.568 e. The molecule has 0 amide bonds. The average Bonchev–Trinajstić information content (AvgIpc) is 2.19. The molecule has 1 aromatic rings. The Morgan fingerprint density at radius 2 is 1.85 bits per heavy atom. The Morgan fingerprint density at radius 1 is 1.31 bits per heavy atom. The van der Waals surface area contributed by atoms with E-state index in [2.05, 4.69) is 4.65 Å². The van der Waals surface area contributed by atoms with Gasteiger partial charge in [-0.3, -0.25) is 0 Å². The Kier molecular flexibility index (Phi) is 3.64. The standard InChI is InChI=1S/C9H11BO3/c1-7(6-11)12-8-2-4-9(13-10)5-3-8/h2-5,7,11H,6H2,1H3. The van der Waals surface area contributed by atoms with Crippen LogP contribution in [0.2, 0.25) is 0 Å². The molecule has 0 saturated carbocycles. The average molecular weight is 178 g/mol. The lowest BCUT2D eigenvalue weighted by molar-refractivity contribution is 0.129. The van der Waals surface area contributed by atoms with Crippen molar-refractivity contribution in [3.8, 4) is 11.5 Å². The van der Waals surface area contributed by atoms with Gasteiger partial charge in [-0.25, -0.2) is 0 Å². The van der Waals surface area contributed by atoms with E-state index in [0.29, 0.717) is 11.5 Å². The third-order valence-electron chi connectivity index (χ3n) is 1.55. The second-order valence-corrected chi connectivity index (χ2v) is 2.70. The van der Waals surface area contributed by atoms with E-state index in [0.717, 1.165) is 0 Å². The fourth-order valence-corrected chi connectivity index (χ4v) is 0.866. The summed E-state index contributed by atoms with van der Waals surface area (Å²) >= 11 is 0. The monoisotopic (exact) mass is 178 g/mol. The number of aliphatic hydroxyl groups excluding tert-OH is 1. The molecule has 0 bridgehead atoms. The Bertz CT molecular complexity index is 248. The van der Waals surface area contributed by atoms with Gasteiger partial charge in [-0.15, -0.1) is 0 Å². The molecular weight excluding hydrogens is 167 g/mol. The summed E-state index contributed by atoms with van der Waals surface area (Å²) in [7, 11) is 4.95. The molecule has 1 unspecified atom stereocenters. The topological polar surface area (TPSA) is 38.7 Å². The molecule has 0 spiro atoms. The highest BCUT2D eigenvalue weighted by atomic mass is 16.5. The van der Waals surface area contributed by atoms with Crippen LogP contribution in [0, 0.1) is 0 Å². The minimum atomic E-state index is -0.204. The summed E-state index contributed by atoms with van der Waals surface area (Å²) in [6, 6.07) is 6.85. The van der Waals surface area contributed by atoms with E-state index in [1.807, 2.05) is 0 Å². The van der Waals surface area contributed by atoms with Crippen molar-refractivity contribution in [3.63, 3.8) is 0 Å². The van der Waals surface area contributed by atoms with E-state index in [9.17, 15) is 0 Å². The van der Waals surface area contributed by atoms with Crippen molar-refractivity contribution >= 4 is 8.05 Å². The van der Waals surface area contributed by atoms with E-state index in [-0.39, 0.29) is 12.7 Å². The smallest absolute Gasteiger partial charge is 0.374 e. The molecule has 1 atom stereocenters. The summed E-state index contributed by atoms with van der Waals surface area (Å²) in [6.07, 6.45) is -0.204. The molecule has 0 aliphatic rings.